The lowest BCUT2D eigenvalue weighted by atomic mass is 10.0. The average Bonchev–Trinajstić information content (AvgIpc) is 2.76. The molecule has 1 aromatic heterocycles. The second-order valence-electron chi connectivity index (χ2n) is 4.44. The summed E-state index contributed by atoms with van der Waals surface area (Å²) in [6.07, 6.45) is 3.66. The van der Waals surface area contributed by atoms with Crippen LogP contribution in [0.5, 0.6) is 0 Å². The van der Waals surface area contributed by atoms with Crippen LogP contribution in [-0.4, -0.2) is 9.67 Å². The predicted molar refractivity (Wildman–Crippen MR) is 69.9 cm³/mol. The van der Waals surface area contributed by atoms with Gasteiger partial charge in [-0.3, -0.25) is 0 Å². The standard InChI is InChI=1S/C15H19NO/c1-3-5-12-7-9-13(10-8-12)15(17)14-6-4-11-16(14)2/h4,6-11,15,17H,3,5H2,1-2H3/t15-/m1/s1. The van der Waals surface area contributed by atoms with Crippen LogP contribution in [0.4, 0.5) is 0 Å². The summed E-state index contributed by atoms with van der Waals surface area (Å²) < 4.78 is 1.95. The summed E-state index contributed by atoms with van der Waals surface area (Å²) in [6.45, 7) is 2.17. The lowest BCUT2D eigenvalue weighted by Crippen LogP contribution is -2.05. The van der Waals surface area contributed by atoms with E-state index in [0.717, 1.165) is 24.1 Å². The van der Waals surface area contributed by atoms with Crippen LogP contribution in [-0.2, 0) is 13.5 Å². The molecule has 0 aliphatic carbocycles. The van der Waals surface area contributed by atoms with E-state index < -0.39 is 6.10 Å². The number of rotatable bonds is 4. The fraction of sp³-hybridized carbons (Fsp3) is 0.333. The number of aliphatic hydroxyl groups is 1. The first-order valence-electron chi connectivity index (χ1n) is 6.10. The summed E-state index contributed by atoms with van der Waals surface area (Å²) >= 11 is 0. The average molecular weight is 229 g/mol. The Kier molecular flexibility index (Phi) is 3.64. The second kappa shape index (κ2) is 5.19. The van der Waals surface area contributed by atoms with Gasteiger partial charge in [-0.2, -0.15) is 0 Å². The van der Waals surface area contributed by atoms with Gasteiger partial charge in [0, 0.05) is 13.2 Å². The smallest absolute Gasteiger partial charge is 0.119 e. The number of aromatic nitrogens is 1. The molecule has 1 N–H and O–H groups in total. The Morgan fingerprint density at radius 3 is 2.41 bits per heavy atom. The molecule has 0 spiro atoms. The number of hydrogen-bond donors (Lipinski definition) is 1. The molecular formula is C15H19NO. The van der Waals surface area contributed by atoms with Crippen LogP contribution < -0.4 is 0 Å². The first-order chi connectivity index (χ1) is 8.22. The molecular weight excluding hydrogens is 210 g/mol. The molecule has 2 heteroatoms. The zero-order valence-electron chi connectivity index (χ0n) is 10.4. The minimum Gasteiger partial charge on any atom is -0.382 e. The minimum absolute atomic E-state index is 0.536. The number of hydrogen-bond acceptors (Lipinski definition) is 1. The maximum atomic E-state index is 10.3. The number of benzene rings is 1. The minimum atomic E-state index is -0.536. The third-order valence-corrected chi connectivity index (χ3v) is 3.10. The van der Waals surface area contributed by atoms with Gasteiger partial charge >= 0.3 is 0 Å². The molecule has 0 amide bonds. The van der Waals surface area contributed by atoms with Crippen molar-refractivity contribution < 1.29 is 5.11 Å². The molecule has 0 saturated heterocycles. The summed E-state index contributed by atoms with van der Waals surface area (Å²) in [5, 5.41) is 10.3. The van der Waals surface area contributed by atoms with Gasteiger partial charge in [0.05, 0.1) is 5.69 Å². The molecule has 1 atom stereocenters. The molecule has 17 heavy (non-hydrogen) atoms. The Bertz CT molecular complexity index is 470. The molecule has 0 aliphatic heterocycles. The van der Waals surface area contributed by atoms with Crippen LogP contribution in [0.15, 0.2) is 42.6 Å². The first-order valence-corrected chi connectivity index (χ1v) is 6.10. The third-order valence-electron chi connectivity index (χ3n) is 3.10. The van der Waals surface area contributed by atoms with Crippen molar-refractivity contribution in [1.29, 1.82) is 0 Å². The highest BCUT2D eigenvalue weighted by molar-refractivity contribution is 5.29. The lowest BCUT2D eigenvalue weighted by molar-refractivity contribution is 0.211. The van der Waals surface area contributed by atoms with Gasteiger partial charge in [-0.25, -0.2) is 0 Å². The van der Waals surface area contributed by atoms with Gasteiger partial charge in [-0.15, -0.1) is 0 Å². The summed E-state index contributed by atoms with van der Waals surface area (Å²) in [7, 11) is 1.95. The molecule has 2 nitrogen and oxygen atoms in total. The Hall–Kier alpha value is -1.54. The van der Waals surface area contributed by atoms with Crippen molar-refractivity contribution in [2.75, 3.05) is 0 Å². The van der Waals surface area contributed by atoms with Gasteiger partial charge in [-0.05, 0) is 29.7 Å². The SMILES string of the molecule is CCCc1ccc([C@@H](O)c2cccn2C)cc1. The maximum Gasteiger partial charge on any atom is 0.119 e. The molecule has 0 unspecified atom stereocenters. The van der Waals surface area contributed by atoms with Gasteiger partial charge < -0.3 is 9.67 Å². The van der Waals surface area contributed by atoms with Crippen molar-refractivity contribution in [3.05, 3.63) is 59.4 Å². The highest BCUT2D eigenvalue weighted by Crippen LogP contribution is 2.22. The number of nitrogens with zero attached hydrogens (tertiary/aromatic N) is 1. The fourth-order valence-electron chi connectivity index (χ4n) is 2.08. The van der Waals surface area contributed by atoms with Crippen molar-refractivity contribution in [3.63, 3.8) is 0 Å². The molecule has 90 valence electrons. The van der Waals surface area contributed by atoms with Crippen molar-refractivity contribution >= 4 is 0 Å². The van der Waals surface area contributed by atoms with E-state index in [0.29, 0.717) is 0 Å². The Morgan fingerprint density at radius 2 is 1.88 bits per heavy atom. The van der Waals surface area contributed by atoms with Gasteiger partial charge in [-0.1, -0.05) is 37.6 Å². The molecule has 0 fully saturated rings. The quantitative estimate of drug-likeness (QED) is 0.856. The summed E-state index contributed by atoms with van der Waals surface area (Å²) in [4.78, 5) is 0. The van der Waals surface area contributed by atoms with Crippen molar-refractivity contribution in [1.82, 2.24) is 4.57 Å². The van der Waals surface area contributed by atoms with E-state index in [4.69, 9.17) is 0 Å². The lowest BCUT2D eigenvalue weighted by Gasteiger charge is -2.13. The molecule has 0 radical (unpaired) electrons. The Balaban J connectivity index is 2.20. The summed E-state index contributed by atoms with van der Waals surface area (Å²) in [6, 6.07) is 12.1. The van der Waals surface area contributed by atoms with Crippen LogP contribution >= 0.6 is 0 Å². The van der Waals surface area contributed by atoms with Crippen LogP contribution in [0, 0.1) is 0 Å². The van der Waals surface area contributed by atoms with Crippen LogP contribution in [0.1, 0.15) is 36.3 Å². The van der Waals surface area contributed by atoms with E-state index in [1.807, 2.05) is 42.1 Å². The van der Waals surface area contributed by atoms with Crippen LogP contribution in [0.2, 0.25) is 0 Å². The zero-order chi connectivity index (χ0) is 12.3. The van der Waals surface area contributed by atoms with E-state index >= 15 is 0 Å². The Morgan fingerprint density at radius 1 is 1.18 bits per heavy atom. The summed E-state index contributed by atoms with van der Waals surface area (Å²) in [5.74, 6) is 0. The largest absolute Gasteiger partial charge is 0.382 e. The van der Waals surface area contributed by atoms with Crippen LogP contribution in [0.25, 0.3) is 0 Å². The van der Waals surface area contributed by atoms with Crippen molar-refractivity contribution in [2.45, 2.75) is 25.9 Å². The predicted octanol–water partition coefficient (Wildman–Crippen LogP) is 3.06. The van der Waals surface area contributed by atoms with Crippen molar-refractivity contribution in [2.24, 2.45) is 7.05 Å². The second-order valence-corrected chi connectivity index (χ2v) is 4.44. The zero-order valence-corrected chi connectivity index (χ0v) is 10.4. The van der Waals surface area contributed by atoms with E-state index in [1.54, 1.807) is 0 Å². The van der Waals surface area contributed by atoms with Crippen LogP contribution in [0.3, 0.4) is 0 Å². The van der Waals surface area contributed by atoms with E-state index in [9.17, 15) is 5.11 Å². The van der Waals surface area contributed by atoms with Gasteiger partial charge in [0.15, 0.2) is 0 Å². The van der Waals surface area contributed by atoms with E-state index in [1.165, 1.54) is 5.56 Å². The van der Waals surface area contributed by atoms with E-state index in [-0.39, 0.29) is 0 Å². The monoisotopic (exact) mass is 229 g/mol. The molecule has 1 aromatic carbocycles. The Labute approximate surface area is 103 Å². The normalized spacial score (nSPS) is 12.6. The molecule has 2 rings (SSSR count). The van der Waals surface area contributed by atoms with E-state index in [2.05, 4.69) is 19.1 Å². The molecule has 0 saturated carbocycles. The molecule has 0 bridgehead atoms. The third kappa shape index (κ3) is 2.59. The summed E-state index contributed by atoms with van der Waals surface area (Å²) in [5.41, 5.74) is 3.20. The topological polar surface area (TPSA) is 25.2 Å². The molecule has 0 aliphatic rings. The van der Waals surface area contributed by atoms with Gasteiger partial charge in [0.2, 0.25) is 0 Å². The highest BCUT2D eigenvalue weighted by Gasteiger charge is 2.12. The first kappa shape index (κ1) is 11.9. The number of aliphatic hydroxyl groups excluding tert-OH is 1. The maximum absolute atomic E-state index is 10.3. The molecule has 1 heterocycles. The number of aryl methyl sites for hydroxylation is 2. The van der Waals surface area contributed by atoms with Gasteiger partial charge in [0.1, 0.15) is 6.10 Å². The van der Waals surface area contributed by atoms with Crippen molar-refractivity contribution in [3.8, 4) is 0 Å². The molecule has 2 aromatic rings. The highest BCUT2D eigenvalue weighted by atomic mass is 16.3. The van der Waals surface area contributed by atoms with Gasteiger partial charge in [0.25, 0.3) is 0 Å². The fourth-order valence-corrected chi connectivity index (χ4v) is 2.08.